The number of hydrogen-bond donors (Lipinski definition) is 1. The minimum atomic E-state index is -3.67. The Balaban J connectivity index is 1.94. The molecule has 22 heavy (non-hydrogen) atoms. The molecule has 0 amide bonds. The minimum Gasteiger partial charge on any atom is -0.236 e. The zero-order valence-electron chi connectivity index (χ0n) is 11.2. The molecule has 0 unspecified atom stereocenters. The molecule has 0 radical (unpaired) electrons. The largest absolute Gasteiger partial charge is 0.238 e. The second-order valence-electron chi connectivity index (χ2n) is 4.62. The van der Waals surface area contributed by atoms with Crippen molar-refractivity contribution in [3.63, 3.8) is 0 Å². The number of nitrogens with two attached hydrogens (primary N) is 1. The van der Waals surface area contributed by atoms with Gasteiger partial charge in [0.25, 0.3) is 0 Å². The summed E-state index contributed by atoms with van der Waals surface area (Å²) in [5.74, 6) is 0. The minimum absolute atomic E-state index is 0.0972. The molecule has 0 saturated heterocycles. The average molecular weight is 395 g/mol. The molecular weight excluding hydrogens is 384 g/mol. The molecule has 112 valence electrons. The number of sulfonamides is 1. The lowest BCUT2D eigenvalue weighted by Crippen LogP contribution is -2.11. The molecule has 7 heteroatoms. The first-order valence-corrected chi connectivity index (χ1v) is 9.50. The van der Waals surface area contributed by atoms with E-state index < -0.39 is 10.0 Å². The molecular formula is C15H11BrN2O2S2. The summed E-state index contributed by atoms with van der Waals surface area (Å²) in [6.07, 6.45) is 0. The zero-order chi connectivity index (χ0) is 15.7. The van der Waals surface area contributed by atoms with Crippen LogP contribution < -0.4 is 5.14 Å². The van der Waals surface area contributed by atoms with Crippen molar-refractivity contribution in [2.24, 2.45) is 5.14 Å². The van der Waals surface area contributed by atoms with Gasteiger partial charge in [-0.2, -0.15) is 0 Å². The molecule has 0 aliphatic heterocycles. The van der Waals surface area contributed by atoms with Crippen molar-refractivity contribution in [1.82, 2.24) is 4.98 Å². The molecule has 4 nitrogen and oxygen atoms in total. The number of hydrogen-bond acceptors (Lipinski definition) is 4. The van der Waals surface area contributed by atoms with Crippen LogP contribution in [0.3, 0.4) is 0 Å². The summed E-state index contributed by atoms with van der Waals surface area (Å²) in [5, 5.41) is 7.90. The Labute approximate surface area is 140 Å². The zero-order valence-corrected chi connectivity index (χ0v) is 14.5. The highest BCUT2D eigenvalue weighted by molar-refractivity contribution is 9.10. The van der Waals surface area contributed by atoms with E-state index in [0.717, 1.165) is 26.3 Å². The molecule has 1 heterocycles. The van der Waals surface area contributed by atoms with Crippen molar-refractivity contribution >= 4 is 37.3 Å². The van der Waals surface area contributed by atoms with Gasteiger partial charge >= 0.3 is 0 Å². The number of nitrogens with zero attached hydrogens (tertiary/aromatic N) is 1. The van der Waals surface area contributed by atoms with Crippen LogP contribution in [0.4, 0.5) is 0 Å². The highest BCUT2D eigenvalue weighted by Crippen LogP contribution is 2.30. The van der Waals surface area contributed by atoms with Crippen LogP contribution in [0, 0.1) is 0 Å². The van der Waals surface area contributed by atoms with Crippen molar-refractivity contribution in [1.29, 1.82) is 0 Å². The van der Waals surface area contributed by atoms with Crippen LogP contribution >= 0.6 is 27.3 Å². The third kappa shape index (κ3) is 3.27. The number of rotatable bonds is 3. The normalized spacial score (nSPS) is 11.5. The van der Waals surface area contributed by atoms with Gasteiger partial charge < -0.3 is 0 Å². The number of thiazole rings is 1. The van der Waals surface area contributed by atoms with E-state index in [-0.39, 0.29) is 4.90 Å². The van der Waals surface area contributed by atoms with Gasteiger partial charge in [0.1, 0.15) is 5.01 Å². The summed E-state index contributed by atoms with van der Waals surface area (Å²) >= 11 is 4.95. The predicted octanol–water partition coefficient (Wildman–Crippen LogP) is 3.89. The summed E-state index contributed by atoms with van der Waals surface area (Å²) in [5.41, 5.74) is 2.77. The van der Waals surface area contributed by atoms with Gasteiger partial charge in [-0.05, 0) is 24.3 Å². The fraction of sp³-hybridized carbons (Fsp3) is 0. The molecule has 0 spiro atoms. The van der Waals surface area contributed by atoms with Gasteiger partial charge in [-0.3, -0.25) is 0 Å². The lowest BCUT2D eigenvalue weighted by Gasteiger charge is -2.00. The molecule has 0 atom stereocenters. The molecule has 0 saturated carbocycles. The molecule has 3 aromatic rings. The van der Waals surface area contributed by atoms with E-state index in [2.05, 4.69) is 20.9 Å². The summed E-state index contributed by atoms with van der Waals surface area (Å²) in [6, 6.07) is 14.3. The Morgan fingerprint density at radius 3 is 2.41 bits per heavy atom. The lowest BCUT2D eigenvalue weighted by molar-refractivity contribution is 0.598. The quantitative estimate of drug-likeness (QED) is 0.731. The molecule has 2 aromatic carbocycles. The van der Waals surface area contributed by atoms with Crippen LogP contribution in [0.1, 0.15) is 0 Å². The first-order chi connectivity index (χ1) is 10.4. The van der Waals surface area contributed by atoms with Crippen molar-refractivity contribution < 1.29 is 8.42 Å². The van der Waals surface area contributed by atoms with E-state index in [1.807, 2.05) is 29.6 Å². The van der Waals surface area contributed by atoms with Gasteiger partial charge in [0.15, 0.2) is 0 Å². The molecule has 1 aromatic heterocycles. The second kappa shape index (κ2) is 5.92. The van der Waals surface area contributed by atoms with Crippen molar-refractivity contribution in [3.8, 4) is 21.8 Å². The summed E-state index contributed by atoms with van der Waals surface area (Å²) < 4.78 is 23.5. The van der Waals surface area contributed by atoms with Gasteiger partial charge in [0, 0.05) is 21.0 Å². The van der Waals surface area contributed by atoms with Crippen LogP contribution in [0.15, 0.2) is 63.3 Å². The Hall–Kier alpha value is -1.54. The van der Waals surface area contributed by atoms with E-state index in [1.165, 1.54) is 23.5 Å². The topological polar surface area (TPSA) is 73.1 Å². The van der Waals surface area contributed by atoms with Crippen LogP contribution in [0.25, 0.3) is 21.8 Å². The third-order valence-electron chi connectivity index (χ3n) is 3.05. The average Bonchev–Trinajstić information content (AvgIpc) is 2.96. The first kappa shape index (κ1) is 15.4. The van der Waals surface area contributed by atoms with Gasteiger partial charge in [-0.1, -0.05) is 40.2 Å². The maximum Gasteiger partial charge on any atom is 0.238 e. The number of primary sulfonamides is 1. The van der Waals surface area contributed by atoms with Gasteiger partial charge in [-0.15, -0.1) is 11.3 Å². The SMILES string of the molecule is NS(=O)(=O)c1ccc(-c2nc(-c3cccc(Br)c3)cs2)cc1. The van der Waals surface area contributed by atoms with Gasteiger partial charge in [-0.25, -0.2) is 18.5 Å². The van der Waals surface area contributed by atoms with E-state index in [9.17, 15) is 8.42 Å². The second-order valence-corrected chi connectivity index (χ2v) is 7.95. The number of benzene rings is 2. The van der Waals surface area contributed by atoms with Crippen LogP contribution in [-0.4, -0.2) is 13.4 Å². The Morgan fingerprint density at radius 1 is 1.05 bits per heavy atom. The van der Waals surface area contributed by atoms with E-state index in [0.29, 0.717) is 0 Å². The lowest BCUT2D eigenvalue weighted by atomic mass is 10.2. The smallest absolute Gasteiger partial charge is 0.236 e. The fourth-order valence-corrected chi connectivity index (χ4v) is 3.72. The highest BCUT2D eigenvalue weighted by atomic mass is 79.9. The molecule has 3 rings (SSSR count). The summed E-state index contributed by atoms with van der Waals surface area (Å²) in [6.45, 7) is 0. The van der Waals surface area contributed by atoms with Crippen molar-refractivity contribution in [3.05, 3.63) is 58.4 Å². The maximum absolute atomic E-state index is 11.3. The van der Waals surface area contributed by atoms with Crippen LogP contribution in [0.5, 0.6) is 0 Å². The molecule has 0 bridgehead atoms. The standard InChI is InChI=1S/C15H11BrN2O2S2/c16-12-3-1-2-11(8-12)14-9-21-15(18-14)10-4-6-13(7-5-10)22(17,19)20/h1-9H,(H2,17,19,20). The fourth-order valence-electron chi connectivity index (χ4n) is 1.97. The van der Waals surface area contributed by atoms with E-state index in [1.54, 1.807) is 12.1 Å². The van der Waals surface area contributed by atoms with E-state index >= 15 is 0 Å². The van der Waals surface area contributed by atoms with E-state index in [4.69, 9.17) is 5.14 Å². The van der Waals surface area contributed by atoms with Crippen molar-refractivity contribution in [2.45, 2.75) is 4.90 Å². The number of aromatic nitrogens is 1. The third-order valence-corrected chi connectivity index (χ3v) is 5.37. The predicted molar refractivity (Wildman–Crippen MR) is 92.1 cm³/mol. The Kier molecular flexibility index (Phi) is 4.14. The number of halogens is 1. The monoisotopic (exact) mass is 394 g/mol. The Morgan fingerprint density at radius 2 is 1.77 bits per heavy atom. The first-order valence-electron chi connectivity index (χ1n) is 6.28. The highest BCUT2D eigenvalue weighted by Gasteiger charge is 2.10. The summed E-state index contributed by atoms with van der Waals surface area (Å²) in [7, 11) is -3.67. The van der Waals surface area contributed by atoms with Crippen LogP contribution in [0.2, 0.25) is 0 Å². The van der Waals surface area contributed by atoms with Gasteiger partial charge in [0.05, 0.1) is 10.6 Å². The molecule has 0 aliphatic carbocycles. The van der Waals surface area contributed by atoms with Crippen LogP contribution in [-0.2, 0) is 10.0 Å². The maximum atomic E-state index is 11.3. The van der Waals surface area contributed by atoms with Crippen molar-refractivity contribution in [2.75, 3.05) is 0 Å². The van der Waals surface area contributed by atoms with Gasteiger partial charge in [0.2, 0.25) is 10.0 Å². The molecule has 2 N–H and O–H groups in total. The Bertz CT molecular complexity index is 919. The summed E-state index contributed by atoms with van der Waals surface area (Å²) in [4.78, 5) is 4.70. The molecule has 0 fully saturated rings. The molecule has 0 aliphatic rings.